The van der Waals surface area contributed by atoms with Crippen molar-refractivity contribution in [2.24, 2.45) is 0 Å². The second-order valence-electron chi connectivity index (χ2n) is 5.19. The molecule has 1 aliphatic rings. The predicted molar refractivity (Wildman–Crippen MR) is 76.7 cm³/mol. The maximum absolute atomic E-state index is 12.2. The highest BCUT2D eigenvalue weighted by atomic mass is 32.2. The van der Waals surface area contributed by atoms with Crippen molar-refractivity contribution in [2.45, 2.75) is 24.6 Å². The Morgan fingerprint density at radius 3 is 2.38 bits per heavy atom. The maximum atomic E-state index is 12.2. The molecule has 0 radical (unpaired) electrons. The van der Waals surface area contributed by atoms with Crippen molar-refractivity contribution in [3.63, 3.8) is 0 Å². The van der Waals surface area contributed by atoms with E-state index in [0.717, 1.165) is 5.56 Å². The van der Waals surface area contributed by atoms with Crippen LogP contribution in [0.15, 0.2) is 24.3 Å². The van der Waals surface area contributed by atoms with Crippen molar-refractivity contribution in [1.29, 1.82) is 0 Å². The monoisotopic (exact) mass is 311 g/mol. The van der Waals surface area contributed by atoms with Gasteiger partial charge in [-0.05, 0) is 30.5 Å². The number of aromatic carboxylic acids is 1. The molecular formula is C14H17NO5S. The van der Waals surface area contributed by atoms with Crippen LogP contribution in [0.5, 0.6) is 0 Å². The lowest BCUT2D eigenvalue weighted by atomic mass is 10.1. The lowest BCUT2D eigenvalue weighted by Gasteiger charge is -2.20. The largest absolute Gasteiger partial charge is 0.478 e. The van der Waals surface area contributed by atoms with E-state index in [9.17, 15) is 18.0 Å². The number of rotatable bonds is 4. The van der Waals surface area contributed by atoms with Crippen LogP contribution in [0.4, 0.5) is 0 Å². The van der Waals surface area contributed by atoms with Gasteiger partial charge in [-0.3, -0.25) is 4.79 Å². The van der Waals surface area contributed by atoms with Gasteiger partial charge in [-0.1, -0.05) is 12.1 Å². The van der Waals surface area contributed by atoms with Gasteiger partial charge in [0.2, 0.25) is 5.91 Å². The first kappa shape index (κ1) is 15.5. The Hall–Kier alpha value is -1.89. The highest BCUT2D eigenvalue weighted by Crippen LogP contribution is 2.22. The summed E-state index contributed by atoms with van der Waals surface area (Å²) in [7, 11) is -1.75. The summed E-state index contributed by atoms with van der Waals surface area (Å²) in [4.78, 5) is 24.3. The molecule has 21 heavy (non-hydrogen) atoms. The van der Waals surface area contributed by atoms with Crippen molar-refractivity contribution in [1.82, 2.24) is 4.90 Å². The standard InChI is InChI=1S/C14H17NO5S/c1-15(13(16)12-3-2-8-21(12,19)20)9-10-4-6-11(7-5-10)14(17)18/h4-7,12H,2-3,8-9H2,1H3,(H,17,18). The van der Waals surface area contributed by atoms with Crippen LogP contribution in [0.2, 0.25) is 0 Å². The molecular weight excluding hydrogens is 294 g/mol. The van der Waals surface area contributed by atoms with E-state index in [1.54, 1.807) is 19.2 Å². The van der Waals surface area contributed by atoms with E-state index in [1.165, 1.54) is 17.0 Å². The number of benzene rings is 1. The fraction of sp³-hybridized carbons (Fsp3) is 0.429. The number of amides is 1. The van der Waals surface area contributed by atoms with Crippen LogP contribution in [0.3, 0.4) is 0 Å². The summed E-state index contributed by atoms with van der Waals surface area (Å²) in [5, 5.41) is 7.89. The topological polar surface area (TPSA) is 91.8 Å². The third kappa shape index (κ3) is 3.41. The Balaban J connectivity index is 2.05. The molecule has 0 aliphatic carbocycles. The van der Waals surface area contributed by atoms with Gasteiger partial charge < -0.3 is 10.0 Å². The molecule has 1 aromatic rings. The van der Waals surface area contributed by atoms with Gasteiger partial charge >= 0.3 is 5.97 Å². The summed E-state index contributed by atoms with van der Waals surface area (Å²) < 4.78 is 23.5. The van der Waals surface area contributed by atoms with E-state index >= 15 is 0 Å². The molecule has 2 rings (SSSR count). The van der Waals surface area contributed by atoms with Gasteiger partial charge in [0.25, 0.3) is 0 Å². The van der Waals surface area contributed by atoms with Crippen LogP contribution < -0.4 is 0 Å². The number of carboxylic acid groups (broad SMARTS) is 1. The number of hydrogen-bond donors (Lipinski definition) is 1. The van der Waals surface area contributed by atoms with Gasteiger partial charge in [-0.2, -0.15) is 0 Å². The molecule has 1 N–H and O–H groups in total. The fourth-order valence-corrected chi connectivity index (χ4v) is 4.29. The van der Waals surface area contributed by atoms with Gasteiger partial charge in [0.05, 0.1) is 11.3 Å². The summed E-state index contributed by atoms with van der Waals surface area (Å²) in [5.41, 5.74) is 0.928. The predicted octanol–water partition coefficient (Wildman–Crippen LogP) is 0.920. The van der Waals surface area contributed by atoms with Crippen LogP contribution in [0, 0.1) is 0 Å². The molecule has 1 saturated heterocycles. The zero-order valence-corrected chi connectivity index (χ0v) is 12.5. The average molecular weight is 311 g/mol. The molecule has 1 atom stereocenters. The normalized spacial score (nSPS) is 20.1. The second kappa shape index (κ2) is 5.85. The Bertz CT molecular complexity index is 650. The number of carboxylic acids is 1. The first-order valence-electron chi connectivity index (χ1n) is 6.60. The number of sulfone groups is 1. The van der Waals surface area contributed by atoms with Crippen LogP contribution in [0.25, 0.3) is 0 Å². The minimum absolute atomic E-state index is 0.0740. The quantitative estimate of drug-likeness (QED) is 0.892. The Morgan fingerprint density at radius 1 is 1.29 bits per heavy atom. The summed E-state index contributed by atoms with van der Waals surface area (Å²) in [6.45, 7) is 0.255. The number of nitrogens with zero attached hydrogens (tertiary/aromatic N) is 1. The summed E-state index contributed by atoms with van der Waals surface area (Å²) in [6.07, 6.45) is 0.906. The van der Waals surface area contributed by atoms with Gasteiger partial charge in [0.1, 0.15) is 5.25 Å². The van der Waals surface area contributed by atoms with E-state index in [2.05, 4.69) is 0 Å². The molecule has 1 heterocycles. The third-order valence-electron chi connectivity index (χ3n) is 3.60. The molecule has 0 spiro atoms. The first-order chi connectivity index (χ1) is 9.81. The van der Waals surface area contributed by atoms with Gasteiger partial charge in [-0.15, -0.1) is 0 Å². The Kier molecular flexibility index (Phi) is 4.32. The van der Waals surface area contributed by atoms with Gasteiger partial charge in [0.15, 0.2) is 9.84 Å². The third-order valence-corrected chi connectivity index (χ3v) is 5.76. The van der Waals surface area contributed by atoms with E-state index < -0.39 is 27.0 Å². The molecule has 1 unspecified atom stereocenters. The van der Waals surface area contributed by atoms with Crippen molar-refractivity contribution in [3.05, 3.63) is 35.4 Å². The fourth-order valence-electron chi connectivity index (χ4n) is 2.42. The zero-order valence-electron chi connectivity index (χ0n) is 11.7. The molecule has 1 amide bonds. The van der Waals surface area contributed by atoms with Crippen molar-refractivity contribution in [3.8, 4) is 0 Å². The number of hydrogen-bond acceptors (Lipinski definition) is 4. The minimum atomic E-state index is -3.31. The average Bonchev–Trinajstić information content (AvgIpc) is 2.78. The van der Waals surface area contributed by atoms with E-state index in [-0.39, 0.29) is 17.9 Å². The Morgan fingerprint density at radius 2 is 1.90 bits per heavy atom. The lowest BCUT2D eigenvalue weighted by molar-refractivity contribution is -0.130. The van der Waals surface area contributed by atoms with Crippen LogP contribution in [-0.2, 0) is 21.2 Å². The second-order valence-corrected chi connectivity index (χ2v) is 7.50. The molecule has 114 valence electrons. The molecule has 0 aromatic heterocycles. The van der Waals surface area contributed by atoms with Crippen molar-refractivity contribution < 1.29 is 23.1 Å². The molecule has 0 saturated carbocycles. The summed E-state index contributed by atoms with van der Waals surface area (Å²) in [5.74, 6) is -1.33. The molecule has 1 fully saturated rings. The summed E-state index contributed by atoms with van der Waals surface area (Å²) in [6, 6.07) is 6.16. The SMILES string of the molecule is CN(Cc1ccc(C(=O)O)cc1)C(=O)C1CCCS1(=O)=O. The molecule has 1 aliphatic heterocycles. The lowest BCUT2D eigenvalue weighted by Crippen LogP contribution is -2.38. The minimum Gasteiger partial charge on any atom is -0.478 e. The van der Waals surface area contributed by atoms with Crippen LogP contribution in [-0.4, -0.2) is 48.4 Å². The molecule has 1 aromatic carbocycles. The van der Waals surface area contributed by atoms with E-state index in [4.69, 9.17) is 5.11 Å². The van der Waals surface area contributed by atoms with Crippen molar-refractivity contribution >= 4 is 21.7 Å². The first-order valence-corrected chi connectivity index (χ1v) is 8.31. The van der Waals surface area contributed by atoms with E-state index in [0.29, 0.717) is 12.8 Å². The van der Waals surface area contributed by atoms with Crippen LogP contribution in [0.1, 0.15) is 28.8 Å². The highest BCUT2D eigenvalue weighted by Gasteiger charge is 2.38. The number of carbonyl (C=O) groups is 2. The number of carbonyl (C=O) groups excluding carboxylic acids is 1. The van der Waals surface area contributed by atoms with E-state index in [1.807, 2.05) is 0 Å². The summed E-state index contributed by atoms with van der Waals surface area (Å²) >= 11 is 0. The smallest absolute Gasteiger partial charge is 0.335 e. The maximum Gasteiger partial charge on any atom is 0.335 e. The zero-order chi connectivity index (χ0) is 15.6. The molecule has 7 heteroatoms. The van der Waals surface area contributed by atoms with Gasteiger partial charge in [0, 0.05) is 13.6 Å². The van der Waals surface area contributed by atoms with Crippen molar-refractivity contribution in [2.75, 3.05) is 12.8 Å². The Labute approximate surface area is 123 Å². The molecule has 6 nitrogen and oxygen atoms in total. The van der Waals surface area contributed by atoms with Gasteiger partial charge in [-0.25, -0.2) is 13.2 Å². The van der Waals surface area contributed by atoms with Crippen LogP contribution >= 0.6 is 0 Å². The molecule has 0 bridgehead atoms. The highest BCUT2D eigenvalue weighted by molar-refractivity contribution is 7.93.